The number of carbonyl (C=O) groups is 1. The van der Waals surface area contributed by atoms with E-state index in [4.69, 9.17) is 0 Å². The van der Waals surface area contributed by atoms with Crippen LogP contribution in [-0.2, 0) is 9.84 Å². The van der Waals surface area contributed by atoms with Gasteiger partial charge in [0.05, 0.1) is 45.9 Å². The smallest absolute Gasteiger partial charge is 0.255 e. The summed E-state index contributed by atoms with van der Waals surface area (Å²) in [5, 5.41) is 7.66. The highest BCUT2D eigenvalue weighted by atomic mass is 32.2. The quantitative estimate of drug-likeness (QED) is 0.608. The van der Waals surface area contributed by atoms with Crippen molar-refractivity contribution >= 4 is 26.8 Å². The lowest BCUT2D eigenvalue weighted by molar-refractivity contribution is 0.0928. The van der Waals surface area contributed by atoms with Gasteiger partial charge in [0.25, 0.3) is 5.91 Å². The van der Waals surface area contributed by atoms with E-state index in [-0.39, 0.29) is 29.5 Å². The average molecular weight is 444 g/mol. The molecule has 1 aromatic carbocycles. The van der Waals surface area contributed by atoms with Crippen LogP contribution in [0, 0.1) is 19.8 Å². The molecule has 2 aromatic heterocycles. The lowest BCUT2D eigenvalue weighted by Gasteiger charge is -2.19. The van der Waals surface area contributed by atoms with E-state index < -0.39 is 9.84 Å². The van der Waals surface area contributed by atoms with Crippen LogP contribution in [0.25, 0.3) is 11.0 Å². The second-order valence-electron chi connectivity index (χ2n) is 8.84. The van der Waals surface area contributed by atoms with E-state index in [1.54, 1.807) is 11.6 Å². The van der Waals surface area contributed by atoms with Gasteiger partial charge in [-0.15, -0.1) is 0 Å². The first-order valence-corrected chi connectivity index (χ1v) is 12.5. The Bertz CT molecular complexity index is 1190. The van der Waals surface area contributed by atoms with Crippen molar-refractivity contribution in [3.63, 3.8) is 0 Å². The van der Waals surface area contributed by atoms with Crippen molar-refractivity contribution in [2.45, 2.75) is 52.6 Å². The standard InChI is InChI=1S/C22H29N5O3S/c1-13(2)11-19(21-23-17-7-5-6-8-18(17)24-21)25-22(28)20-14(3)26-27(15(20)4)16-9-10-31(29,30)12-16/h5-8,13,16,19H,9-12H2,1-4H3,(H,23,24)(H,25,28)/t16?,19-/m0/s1. The molecule has 166 valence electrons. The molecule has 8 nitrogen and oxygen atoms in total. The minimum atomic E-state index is -3.04. The third kappa shape index (κ3) is 4.37. The number of nitrogens with one attached hydrogen (secondary N) is 2. The predicted molar refractivity (Wildman–Crippen MR) is 120 cm³/mol. The Labute approximate surface area is 182 Å². The molecular weight excluding hydrogens is 414 g/mol. The minimum Gasteiger partial charge on any atom is -0.342 e. The van der Waals surface area contributed by atoms with Crippen LogP contribution in [0.15, 0.2) is 24.3 Å². The highest BCUT2D eigenvalue weighted by Crippen LogP contribution is 2.28. The molecule has 0 bridgehead atoms. The number of benzene rings is 1. The molecule has 0 saturated carbocycles. The fraction of sp³-hybridized carbons (Fsp3) is 0.500. The number of sulfone groups is 1. The van der Waals surface area contributed by atoms with Crippen molar-refractivity contribution in [3.8, 4) is 0 Å². The Morgan fingerprint density at radius 1 is 1.29 bits per heavy atom. The number of imidazole rings is 1. The van der Waals surface area contributed by atoms with Gasteiger partial charge in [0.2, 0.25) is 0 Å². The summed E-state index contributed by atoms with van der Waals surface area (Å²) >= 11 is 0. The largest absolute Gasteiger partial charge is 0.342 e. The van der Waals surface area contributed by atoms with Crippen molar-refractivity contribution in [3.05, 3.63) is 47.0 Å². The van der Waals surface area contributed by atoms with Crippen LogP contribution in [-0.4, -0.2) is 45.6 Å². The molecule has 3 heterocycles. The molecule has 1 saturated heterocycles. The first-order chi connectivity index (χ1) is 14.6. The summed E-state index contributed by atoms with van der Waals surface area (Å²) in [7, 11) is -3.04. The Morgan fingerprint density at radius 2 is 2.03 bits per heavy atom. The van der Waals surface area contributed by atoms with Gasteiger partial charge in [0.15, 0.2) is 9.84 Å². The Balaban J connectivity index is 1.62. The molecule has 1 unspecified atom stereocenters. The van der Waals surface area contributed by atoms with Gasteiger partial charge in [0, 0.05) is 5.69 Å². The second-order valence-corrected chi connectivity index (χ2v) is 11.1. The van der Waals surface area contributed by atoms with Gasteiger partial charge < -0.3 is 10.3 Å². The summed E-state index contributed by atoms with van der Waals surface area (Å²) in [5.41, 5.74) is 3.61. The third-order valence-electron chi connectivity index (χ3n) is 5.86. The van der Waals surface area contributed by atoms with Gasteiger partial charge in [-0.3, -0.25) is 9.48 Å². The number of para-hydroxylation sites is 2. The summed E-state index contributed by atoms with van der Waals surface area (Å²) in [4.78, 5) is 21.3. The Morgan fingerprint density at radius 3 is 2.68 bits per heavy atom. The van der Waals surface area contributed by atoms with Crippen molar-refractivity contribution < 1.29 is 13.2 Å². The number of fused-ring (bicyclic) bond motifs is 1. The number of H-pyrrole nitrogens is 1. The number of rotatable bonds is 6. The van der Waals surface area contributed by atoms with Crippen LogP contribution in [0.3, 0.4) is 0 Å². The van der Waals surface area contributed by atoms with Crippen molar-refractivity contribution in [2.24, 2.45) is 5.92 Å². The lowest BCUT2D eigenvalue weighted by atomic mass is 10.0. The fourth-order valence-electron chi connectivity index (χ4n) is 4.39. The molecule has 31 heavy (non-hydrogen) atoms. The Hall–Kier alpha value is -2.68. The van der Waals surface area contributed by atoms with Crippen LogP contribution in [0.2, 0.25) is 0 Å². The summed E-state index contributed by atoms with van der Waals surface area (Å²) < 4.78 is 25.5. The van der Waals surface area contributed by atoms with Gasteiger partial charge in [-0.25, -0.2) is 13.4 Å². The highest BCUT2D eigenvalue weighted by Gasteiger charge is 2.33. The summed E-state index contributed by atoms with van der Waals surface area (Å²) in [5.74, 6) is 1.11. The zero-order valence-electron chi connectivity index (χ0n) is 18.3. The number of aryl methyl sites for hydroxylation is 1. The highest BCUT2D eigenvalue weighted by molar-refractivity contribution is 7.91. The number of hydrogen-bond acceptors (Lipinski definition) is 5. The summed E-state index contributed by atoms with van der Waals surface area (Å²) in [6.45, 7) is 7.84. The number of hydrogen-bond donors (Lipinski definition) is 2. The first kappa shape index (κ1) is 21.5. The van der Waals surface area contributed by atoms with E-state index >= 15 is 0 Å². The number of carbonyl (C=O) groups excluding carboxylic acids is 1. The van der Waals surface area contributed by atoms with Crippen LogP contribution >= 0.6 is 0 Å². The maximum Gasteiger partial charge on any atom is 0.255 e. The van der Waals surface area contributed by atoms with E-state index in [0.717, 1.165) is 23.3 Å². The maximum atomic E-state index is 13.3. The molecule has 4 rings (SSSR count). The lowest BCUT2D eigenvalue weighted by Crippen LogP contribution is -2.31. The molecule has 1 aliphatic heterocycles. The van der Waals surface area contributed by atoms with Crippen molar-refractivity contribution in [1.29, 1.82) is 0 Å². The van der Waals surface area contributed by atoms with Crippen LogP contribution in [0.4, 0.5) is 0 Å². The third-order valence-corrected chi connectivity index (χ3v) is 7.61. The molecule has 1 aliphatic rings. The van der Waals surface area contributed by atoms with E-state index in [2.05, 4.69) is 34.2 Å². The van der Waals surface area contributed by atoms with Crippen molar-refractivity contribution in [1.82, 2.24) is 25.1 Å². The maximum absolute atomic E-state index is 13.3. The fourth-order valence-corrected chi connectivity index (χ4v) is 6.09. The normalized spacial score (nSPS) is 19.2. The average Bonchev–Trinajstić information content (AvgIpc) is 3.35. The van der Waals surface area contributed by atoms with Crippen LogP contribution < -0.4 is 5.32 Å². The molecule has 3 aromatic rings. The van der Waals surface area contributed by atoms with E-state index in [9.17, 15) is 13.2 Å². The van der Waals surface area contributed by atoms with E-state index in [1.807, 2.05) is 31.2 Å². The van der Waals surface area contributed by atoms with Crippen LogP contribution in [0.5, 0.6) is 0 Å². The molecule has 0 radical (unpaired) electrons. The van der Waals surface area contributed by atoms with E-state index in [0.29, 0.717) is 29.3 Å². The number of amides is 1. The number of aromatic nitrogens is 4. The van der Waals surface area contributed by atoms with Gasteiger partial charge in [-0.1, -0.05) is 26.0 Å². The molecule has 2 atom stereocenters. The second kappa shape index (κ2) is 8.11. The van der Waals surface area contributed by atoms with Gasteiger partial charge in [-0.05, 0) is 44.7 Å². The zero-order valence-corrected chi connectivity index (χ0v) is 19.2. The minimum absolute atomic E-state index is 0.0744. The molecule has 1 fully saturated rings. The first-order valence-electron chi connectivity index (χ1n) is 10.7. The molecule has 9 heteroatoms. The van der Waals surface area contributed by atoms with Crippen LogP contribution in [0.1, 0.15) is 66.3 Å². The summed E-state index contributed by atoms with van der Waals surface area (Å²) in [6, 6.07) is 7.31. The van der Waals surface area contributed by atoms with Gasteiger partial charge in [0.1, 0.15) is 5.82 Å². The molecule has 0 spiro atoms. The van der Waals surface area contributed by atoms with Gasteiger partial charge >= 0.3 is 0 Å². The Kier molecular flexibility index (Phi) is 5.63. The molecule has 1 amide bonds. The number of nitrogens with zero attached hydrogens (tertiary/aromatic N) is 3. The summed E-state index contributed by atoms with van der Waals surface area (Å²) in [6.07, 6.45) is 1.26. The molecule has 0 aliphatic carbocycles. The zero-order chi connectivity index (χ0) is 22.3. The molecular formula is C22H29N5O3S. The predicted octanol–water partition coefficient (Wildman–Crippen LogP) is 3.25. The molecule has 2 N–H and O–H groups in total. The SMILES string of the molecule is Cc1nn(C2CCS(=O)(=O)C2)c(C)c1C(=O)N[C@@H](CC(C)C)c1nc2ccccc2[nH]1. The number of aromatic amines is 1. The topological polar surface area (TPSA) is 110 Å². The monoisotopic (exact) mass is 443 g/mol. The van der Waals surface area contributed by atoms with E-state index in [1.165, 1.54) is 0 Å². The van der Waals surface area contributed by atoms with Gasteiger partial charge in [-0.2, -0.15) is 5.10 Å². The van der Waals surface area contributed by atoms with Crippen molar-refractivity contribution in [2.75, 3.05) is 11.5 Å².